The van der Waals surface area contributed by atoms with E-state index in [0.29, 0.717) is 11.1 Å². The zero-order valence-electron chi connectivity index (χ0n) is 15.3. The van der Waals surface area contributed by atoms with Gasteiger partial charge in [-0.25, -0.2) is 0 Å². The van der Waals surface area contributed by atoms with Crippen LogP contribution in [0.4, 0.5) is 0 Å². The average Bonchev–Trinajstić information content (AvgIpc) is 2.66. The molecule has 2 heterocycles. The smallest absolute Gasteiger partial charge is 0.226 e. The van der Waals surface area contributed by atoms with Crippen LogP contribution in [0.15, 0.2) is 30.3 Å². The van der Waals surface area contributed by atoms with Gasteiger partial charge in [0.2, 0.25) is 6.29 Å². The minimum atomic E-state index is -1.06. The first kappa shape index (κ1) is 19.6. The number of ether oxygens (including phenoxy) is 3. The first-order chi connectivity index (χ1) is 13.8. The SMILES string of the molecule is Oc1cc(OC2OC[C@H](O)C[C@@H]2O)c2c(c1)O[C@H](c1ccc(O)c(O)c1)[C@H](O)C2. The van der Waals surface area contributed by atoms with Gasteiger partial charge in [-0.05, 0) is 17.7 Å². The number of phenolic OH excluding ortho intramolecular Hbond substituents is 3. The van der Waals surface area contributed by atoms with Crippen molar-refractivity contribution in [3.8, 4) is 28.7 Å². The molecular weight excluding hydrogens is 384 g/mol. The Labute approximate surface area is 166 Å². The van der Waals surface area contributed by atoms with Crippen molar-refractivity contribution in [3.05, 3.63) is 41.5 Å². The van der Waals surface area contributed by atoms with Crippen LogP contribution in [0.2, 0.25) is 0 Å². The zero-order chi connectivity index (χ0) is 20.7. The van der Waals surface area contributed by atoms with Gasteiger partial charge in [-0.15, -0.1) is 0 Å². The Morgan fingerprint density at radius 1 is 0.931 bits per heavy atom. The summed E-state index contributed by atoms with van der Waals surface area (Å²) in [4.78, 5) is 0. The molecule has 6 N–H and O–H groups in total. The Bertz CT molecular complexity index is 900. The summed E-state index contributed by atoms with van der Waals surface area (Å²) < 4.78 is 16.9. The van der Waals surface area contributed by atoms with Gasteiger partial charge in [-0.3, -0.25) is 0 Å². The first-order valence-corrected chi connectivity index (χ1v) is 9.18. The van der Waals surface area contributed by atoms with Crippen LogP contribution in [0.25, 0.3) is 0 Å². The number of hydrogen-bond donors (Lipinski definition) is 6. The molecule has 2 aromatic carbocycles. The maximum absolute atomic E-state index is 10.6. The molecule has 2 aliphatic heterocycles. The Kier molecular flexibility index (Phi) is 5.13. The fourth-order valence-electron chi connectivity index (χ4n) is 3.57. The van der Waals surface area contributed by atoms with E-state index in [1.165, 1.54) is 30.3 Å². The number of rotatable bonds is 3. The standard InChI is InChI=1S/C20H22O9/c21-10-5-17-12(18(6-10)29-20-16(26)4-11(22)8-27-20)7-15(25)19(28-17)9-1-2-13(23)14(24)3-9/h1-3,5-6,11,15-16,19-26H,4,7-8H2/t11-,15-,16+,19-,20?/m1/s1. The number of fused-ring (bicyclic) bond motifs is 1. The lowest BCUT2D eigenvalue weighted by atomic mass is 9.93. The molecule has 1 unspecified atom stereocenters. The molecular formula is C20H22O9. The van der Waals surface area contributed by atoms with Crippen LogP contribution in [0.3, 0.4) is 0 Å². The summed E-state index contributed by atoms with van der Waals surface area (Å²) in [5, 5.41) is 59.5. The van der Waals surface area contributed by atoms with Crippen LogP contribution in [0, 0.1) is 0 Å². The van der Waals surface area contributed by atoms with Gasteiger partial charge in [0.25, 0.3) is 0 Å². The van der Waals surface area contributed by atoms with Crippen LogP contribution in [0.5, 0.6) is 28.7 Å². The fourth-order valence-corrected chi connectivity index (χ4v) is 3.57. The molecule has 9 heteroatoms. The number of phenols is 3. The molecule has 0 aromatic heterocycles. The topological polar surface area (TPSA) is 149 Å². The quantitative estimate of drug-likeness (QED) is 0.405. The summed E-state index contributed by atoms with van der Waals surface area (Å²) in [6, 6.07) is 6.83. The second-order valence-corrected chi connectivity index (χ2v) is 7.26. The summed E-state index contributed by atoms with van der Waals surface area (Å²) in [6.07, 6.45) is -4.50. The third-order valence-corrected chi connectivity index (χ3v) is 5.02. The molecule has 0 radical (unpaired) electrons. The van der Waals surface area contributed by atoms with Crippen molar-refractivity contribution in [1.29, 1.82) is 0 Å². The highest BCUT2D eigenvalue weighted by atomic mass is 16.7. The molecule has 0 aliphatic carbocycles. The third-order valence-electron chi connectivity index (χ3n) is 5.02. The van der Waals surface area contributed by atoms with E-state index in [-0.39, 0.29) is 48.2 Å². The second kappa shape index (κ2) is 7.60. The van der Waals surface area contributed by atoms with E-state index in [1.54, 1.807) is 0 Å². The summed E-state index contributed by atoms with van der Waals surface area (Å²) in [5.74, 6) is -0.314. The molecule has 156 valence electrons. The molecule has 4 rings (SSSR count). The molecule has 1 fully saturated rings. The lowest BCUT2D eigenvalue weighted by Crippen LogP contribution is -2.44. The van der Waals surface area contributed by atoms with Crippen molar-refractivity contribution in [2.24, 2.45) is 0 Å². The number of hydrogen-bond acceptors (Lipinski definition) is 9. The van der Waals surface area contributed by atoms with E-state index in [2.05, 4.69) is 0 Å². The predicted octanol–water partition coefficient (Wildman–Crippen LogP) is 0.687. The van der Waals surface area contributed by atoms with Crippen LogP contribution < -0.4 is 9.47 Å². The van der Waals surface area contributed by atoms with Gasteiger partial charge in [-0.1, -0.05) is 6.07 Å². The van der Waals surface area contributed by atoms with E-state index >= 15 is 0 Å². The number of aromatic hydroxyl groups is 3. The predicted molar refractivity (Wildman–Crippen MR) is 98.0 cm³/mol. The van der Waals surface area contributed by atoms with E-state index < -0.39 is 30.7 Å². The maximum atomic E-state index is 10.6. The van der Waals surface area contributed by atoms with Crippen LogP contribution in [-0.2, 0) is 11.2 Å². The lowest BCUT2D eigenvalue weighted by molar-refractivity contribution is -0.199. The highest BCUT2D eigenvalue weighted by Crippen LogP contribution is 2.43. The van der Waals surface area contributed by atoms with Gasteiger partial charge in [0.15, 0.2) is 11.5 Å². The zero-order valence-corrected chi connectivity index (χ0v) is 15.3. The van der Waals surface area contributed by atoms with Gasteiger partial charge in [0.1, 0.15) is 29.5 Å². The Morgan fingerprint density at radius 3 is 2.45 bits per heavy atom. The Morgan fingerprint density at radius 2 is 1.72 bits per heavy atom. The van der Waals surface area contributed by atoms with Crippen molar-refractivity contribution in [2.45, 2.75) is 43.5 Å². The molecule has 9 nitrogen and oxygen atoms in total. The molecule has 29 heavy (non-hydrogen) atoms. The third kappa shape index (κ3) is 3.90. The molecule has 0 bridgehead atoms. The molecule has 1 saturated heterocycles. The van der Waals surface area contributed by atoms with E-state index in [1.807, 2.05) is 0 Å². The van der Waals surface area contributed by atoms with Crippen LogP contribution in [-0.4, -0.2) is 61.8 Å². The summed E-state index contributed by atoms with van der Waals surface area (Å²) >= 11 is 0. The molecule has 0 spiro atoms. The van der Waals surface area contributed by atoms with Gasteiger partial charge < -0.3 is 44.8 Å². The minimum absolute atomic E-state index is 0.00821. The van der Waals surface area contributed by atoms with Crippen LogP contribution >= 0.6 is 0 Å². The number of benzene rings is 2. The Balaban J connectivity index is 1.61. The minimum Gasteiger partial charge on any atom is -0.508 e. The first-order valence-electron chi connectivity index (χ1n) is 9.18. The number of aliphatic hydroxyl groups is 3. The molecule has 5 atom stereocenters. The van der Waals surface area contributed by atoms with Gasteiger partial charge in [0, 0.05) is 30.5 Å². The summed E-state index contributed by atoms with van der Waals surface area (Å²) in [7, 11) is 0. The van der Waals surface area contributed by atoms with E-state index in [9.17, 15) is 30.6 Å². The maximum Gasteiger partial charge on any atom is 0.226 e. The highest BCUT2D eigenvalue weighted by Gasteiger charge is 2.35. The van der Waals surface area contributed by atoms with Crippen molar-refractivity contribution < 1.29 is 44.8 Å². The van der Waals surface area contributed by atoms with Gasteiger partial charge in [0.05, 0.1) is 18.8 Å². The van der Waals surface area contributed by atoms with Crippen molar-refractivity contribution >= 4 is 0 Å². The monoisotopic (exact) mass is 406 g/mol. The highest BCUT2D eigenvalue weighted by molar-refractivity contribution is 5.52. The second-order valence-electron chi connectivity index (χ2n) is 7.26. The molecule has 2 aliphatic rings. The van der Waals surface area contributed by atoms with Gasteiger partial charge >= 0.3 is 0 Å². The van der Waals surface area contributed by atoms with E-state index in [4.69, 9.17) is 14.2 Å². The Hall–Kier alpha value is -2.72. The lowest BCUT2D eigenvalue weighted by Gasteiger charge is -2.34. The average molecular weight is 406 g/mol. The molecule has 0 saturated carbocycles. The van der Waals surface area contributed by atoms with Crippen molar-refractivity contribution in [2.75, 3.05) is 6.61 Å². The van der Waals surface area contributed by atoms with E-state index in [0.717, 1.165) is 0 Å². The summed E-state index contributed by atoms with van der Waals surface area (Å²) in [6.45, 7) is 0.00821. The summed E-state index contributed by atoms with van der Waals surface area (Å²) in [5.41, 5.74) is 0.931. The molecule has 2 aromatic rings. The fraction of sp³-hybridized carbons (Fsp3) is 0.400. The van der Waals surface area contributed by atoms with Crippen LogP contribution in [0.1, 0.15) is 23.7 Å². The van der Waals surface area contributed by atoms with Gasteiger partial charge in [-0.2, -0.15) is 0 Å². The largest absolute Gasteiger partial charge is 0.508 e. The molecule has 0 amide bonds. The van der Waals surface area contributed by atoms with Crippen molar-refractivity contribution in [3.63, 3.8) is 0 Å². The van der Waals surface area contributed by atoms with Crippen molar-refractivity contribution in [1.82, 2.24) is 0 Å². The number of aliphatic hydroxyl groups excluding tert-OH is 3. The normalized spacial score (nSPS) is 29.0.